The predicted molar refractivity (Wildman–Crippen MR) is 106 cm³/mol. The number of aryl methyl sites for hydroxylation is 1. The first-order valence-electron chi connectivity index (χ1n) is 9.51. The van der Waals surface area contributed by atoms with Crippen molar-refractivity contribution in [2.75, 3.05) is 13.6 Å². The molecule has 2 aromatic rings. The number of rotatable bonds is 6. The van der Waals surface area contributed by atoms with Gasteiger partial charge in [0.2, 0.25) is 5.91 Å². The molecule has 26 heavy (non-hydrogen) atoms. The van der Waals surface area contributed by atoms with Crippen LogP contribution in [0.3, 0.4) is 0 Å². The highest BCUT2D eigenvalue weighted by Crippen LogP contribution is 2.24. The van der Waals surface area contributed by atoms with Crippen LogP contribution in [-0.2, 0) is 11.3 Å². The molecule has 0 aliphatic heterocycles. The molecule has 1 heterocycles. The average molecular weight is 373 g/mol. The van der Waals surface area contributed by atoms with Gasteiger partial charge in [0, 0.05) is 32.1 Å². The van der Waals surface area contributed by atoms with Gasteiger partial charge in [-0.3, -0.25) is 14.5 Å². The second-order valence-electron chi connectivity index (χ2n) is 7.40. The number of hydrogen-bond acceptors (Lipinski definition) is 3. The standard InChI is InChI=1S/C20H28N4OS/c1-15-7-6-10-17(13-15)19-21-22-20(26)24(19)12-11-18(25)23(2)14-16-8-4-3-5-9-16/h6-7,10,13,16H,3-5,8-9,11-12,14H2,1-2H3,(H,22,26). The van der Waals surface area contributed by atoms with Crippen molar-refractivity contribution < 1.29 is 4.79 Å². The molecule has 1 saturated carbocycles. The number of benzene rings is 1. The fourth-order valence-electron chi connectivity index (χ4n) is 3.79. The van der Waals surface area contributed by atoms with E-state index in [1.807, 2.05) is 28.6 Å². The Hall–Kier alpha value is -1.95. The number of nitrogens with one attached hydrogen (secondary N) is 1. The van der Waals surface area contributed by atoms with Crippen LogP contribution in [0.15, 0.2) is 24.3 Å². The molecule has 0 saturated heterocycles. The summed E-state index contributed by atoms with van der Waals surface area (Å²) < 4.78 is 2.49. The van der Waals surface area contributed by atoms with Crippen LogP contribution in [-0.4, -0.2) is 39.2 Å². The summed E-state index contributed by atoms with van der Waals surface area (Å²) in [6.45, 7) is 3.48. The molecule has 1 amide bonds. The summed E-state index contributed by atoms with van der Waals surface area (Å²) in [4.78, 5) is 14.5. The highest BCUT2D eigenvalue weighted by Gasteiger charge is 2.19. The minimum absolute atomic E-state index is 0.175. The molecular weight excluding hydrogens is 344 g/mol. The van der Waals surface area contributed by atoms with Gasteiger partial charge in [-0.2, -0.15) is 5.10 Å². The van der Waals surface area contributed by atoms with Gasteiger partial charge in [0.15, 0.2) is 10.6 Å². The zero-order valence-corrected chi connectivity index (χ0v) is 16.5. The third-order valence-electron chi connectivity index (χ3n) is 5.27. The van der Waals surface area contributed by atoms with Crippen molar-refractivity contribution >= 4 is 18.1 Å². The molecule has 3 rings (SSSR count). The van der Waals surface area contributed by atoms with Crippen LogP contribution >= 0.6 is 12.2 Å². The number of amides is 1. The number of aromatic amines is 1. The number of hydrogen-bond donors (Lipinski definition) is 1. The summed E-state index contributed by atoms with van der Waals surface area (Å²) in [7, 11) is 1.92. The smallest absolute Gasteiger partial charge is 0.224 e. The minimum atomic E-state index is 0.175. The molecule has 1 fully saturated rings. The molecule has 0 bridgehead atoms. The fraction of sp³-hybridized carbons (Fsp3) is 0.550. The van der Waals surface area contributed by atoms with Crippen molar-refractivity contribution in [2.24, 2.45) is 5.92 Å². The number of carbonyl (C=O) groups excluding carboxylic acids is 1. The topological polar surface area (TPSA) is 53.9 Å². The van der Waals surface area contributed by atoms with Crippen LogP contribution in [0.25, 0.3) is 11.4 Å². The van der Waals surface area contributed by atoms with Crippen LogP contribution < -0.4 is 0 Å². The van der Waals surface area contributed by atoms with Gasteiger partial charge in [0.25, 0.3) is 0 Å². The van der Waals surface area contributed by atoms with Gasteiger partial charge >= 0.3 is 0 Å². The van der Waals surface area contributed by atoms with Crippen molar-refractivity contribution in [3.8, 4) is 11.4 Å². The van der Waals surface area contributed by atoms with E-state index in [4.69, 9.17) is 12.2 Å². The van der Waals surface area contributed by atoms with E-state index in [0.29, 0.717) is 23.7 Å². The highest BCUT2D eigenvalue weighted by molar-refractivity contribution is 7.71. The maximum Gasteiger partial charge on any atom is 0.224 e. The summed E-state index contributed by atoms with van der Waals surface area (Å²) in [6, 6.07) is 8.17. The largest absolute Gasteiger partial charge is 0.345 e. The van der Waals surface area contributed by atoms with E-state index < -0.39 is 0 Å². The maximum atomic E-state index is 12.6. The Kier molecular flexibility index (Phi) is 6.25. The molecule has 140 valence electrons. The maximum absolute atomic E-state index is 12.6. The van der Waals surface area contributed by atoms with Gasteiger partial charge in [-0.15, -0.1) is 0 Å². The van der Waals surface area contributed by atoms with Crippen LogP contribution in [0, 0.1) is 17.6 Å². The Morgan fingerprint density at radius 1 is 1.35 bits per heavy atom. The van der Waals surface area contributed by atoms with Crippen LogP contribution in [0.4, 0.5) is 0 Å². The Morgan fingerprint density at radius 3 is 2.85 bits per heavy atom. The Balaban J connectivity index is 1.63. The first kappa shape index (κ1) is 18.8. The van der Waals surface area contributed by atoms with Gasteiger partial charge < -0.3 is 4.90 Å². The molecule has 0 atom stereocenters. The van der Waals surface area contributed by atoms with Crippen molar-refractivity contribution in [3.05, 3.63) is 34.6 Å². The Bertz CT molecular complexity index is 804. The predicted octanol–water partition coefficient (Wildman–Crippen LogP) is 4.34. The number of H-pyrrole nitrogens is 1. The molecule has 1 aromatic carbocycles. The zero-order chi connectivity index (χ0) is 18.5. The Labute approximate surface area is 160 Å². The lowest BCUT2D eigenvalue weighted by molar-refractivity contribution is -0.130. The monoisotopic (exact) mass is 372 g/mol. The molecule has 1 aromatic heterocycles. The minimum Gasteiger partial charge on any atom is -0.345 e. The first-order chi connectivity index (χ1) is 12.5. The normalized spacial score (nSPS) is 15.2. The molecule has 6 heteroatoms. The van der Waals surface area contributed by atoms with E-state index in [2.05, 4.69) is 29.3 Å². The van der Waals surface area contributed by atoms with Crippen molar-refractivity contribution in [2.45, 2.75) is 52.0 Å². The molecule has 5 nitrogen and oxygen atoms in total. The molecular formula is C20H28N4OS. The van der Waals surface area contributed by atoms with Crippen LogP contribution in [0.5, 0.6) is 0 Å². The second kappa shape index (κ2) is 8.62. The quantitative estimate of drug-likeness (QED) is 0.767. The summed E-state index contributed by atoms with van der Waals surface area (Å²) in [6.07, 6.45) is 6.89. The number of aromatic nitrogens is 3. The molecule has 0 spiro atoms. The average Bonchev–Trinajstić information content (AvgIpc) is 3.01. The third kappa shape index (κ3) is 4.61. The third-order valence-corrected chi connectivity index (χ3v) is 5.58. The van der Waals surface area contributed by atoms with E-state index in [0.717, 1.165) is 17.9 Å². The molecule has 1 aliphatic rings. The van der Waals surface area contributed by atoms with Crippen molar-refractivity contribution in [3.63, 3.8) is 0 Å². The lowest BCUT2D eigenvalue weighted by atomic mass is 9.89. The first-order valence-corrected chi connectivity index (χ1v) is 9.91. The van der Waals surface area contributed by atoms with Gasteiger partial charge in [-0.05, 0) is 44.0 Å². The molecule has 1 N–H and O–H groups in total. The van der Waals surface area contributed by atoms with E-state index in [1.54, 1.807) is 0 Å². The second-order valence-corrected chi connectivity index (χ2v) is 7.79. The van der Waals surface area contributed by atoms with Crippen molar-refractivity contribution in [1.82, 2.24) is 19.7 Å². The van der Waals surface area contributed by atoms with E-state index in [-0.39, 0.29) is 5.91 Å². The van der Waals surface area contributed by atoms with Crippen LogP contribution in [0.1, 0.15) is 44.1 Å². The van der Waals surface area contributed by atoms with Gasteiger partial charge in [-0.1, -0.05) is 43.0 Å². The molecule has 1 aliphatic carbocycles. The van der Waals surface area contributed by atoms with E-state index in [1.165, 1.54) is 37.7 Å². The summed E-state index contributed by atoms with van der Waals surface area (Å²) in [5.74, 6) is 1.63. The highest BCUT2D eigenvalue weighted by atomic mass is 32.1. The van der Waals surface area contributed by atoms with Gasteiger partial charge in [0.05, 0.1) is 0 Å². The van der Waals surface area contributed by atoms with E-state index in [9.17, 15) is 4.79 Å². The molecule has 0 radical (unpaired) electrons. The summed E-state index contributed by atoms with van der Waals surface area (Å²) >= 11 is 5.37. The number of nitrogens with zero attached hydrogens (tertiary/aromatic N) is 3. The number of carbonyl (C=O) groups is 1. The fourth-order valence-corrected chi connectivity index (χ4v) is 4.01. The van der Waals surface area contributed by atoms with Gasteiger partial charge in [0.1, 0.15) is 0 Å². The SMILES string of the molecule is Cc1cccc(-c2n[nH]c(=S)n2CCC(=O)N(C)CC2CCCCC2)c1. The zero-order valence-electron chi connectivity index (χ0n) is 15.7. The van der Waals surface area contributed by atoms with Crippen molar-refractivity contribution in [1.29, 1.82) is 0 Å². The summed E-state index contributed by atoms with van der Waals surface area (Å²) in [5.41, 5.74) is 2.19. The lowest BCUT2D eigenvalue weighted by Gasteiger charge is -2.27. The van der Waals surface area contributed by atoms with Gasteiger partial charge in [-0.25, -0.2) is 0 Å². The lowest BCUT2D eigenvalue weighted by Crippen LogP contribution is -2.33. The summed E-state index contributed by atoms with van der Waals surface area (Å²) in [5, 5.41) is 7.23. The van der Waals surface area contributed by atoms with Crippen LogP contribution in [0.2, 0.25) is 0 Å². The molecule has 0 unspecified atom stereocenters. The Morgan fingerprint density at radius 2 is 2.12 bits per heavy atom. The van der Waals surface area contributed by atoms with E-state index >= 15 is 0 Å².